The fourth-order valence-corrected chi connectivity index (χ4v) is 2.12. The largest absolute Gasteiger partial charge is 0.397 e. The molecule has 0 radical (unpaired) electrons. The van der Waals surface area contributed by atoms with Gasteiger partial charge in [0.05, 0.1) is 16.4 Å². The number of nitrogens with two attached hydrogens (primary N) is 1. The van der Waals surface area contributed by atoms with E-state index in [1.54, 1.807) is 29.2 Å². The number of rotatable bonds is 1. The van der Waals surface area contributed by atoms with Crippen molar-refractivity contribution in [1.29, 1.82) is 0 Å². The molecule has 3 aromatic heterocycles. The Bertz CT molecular complexity index is 677. The first kappa shape index (κ1) is 10.2. The van der Waals surface area contributed by atoms with E-state index < -0.39 is 0 Å². The lowest BCUT2D eigenvalue weighted by Crippen LogP contribution is -1.93. The van der Waals surface area contributed by atoms with Crippen molar-refractivity contribution in [3.63, 3.8) is 0 Å². The van der Waals surface area contributed by atoms with Gasteiger partial charge >= 0.3 is 0 Å². The van der Waals surface area contributed by atoms with Crippen LogP contribution < -0.4 is 5.73 Å². The molecular weight excluding hydrogens is 282 g/mol. The van der Waals surface area contributed by atoms with Gasteiger partial charge in [-0.3, -0.25) is 4.98 Å². The minimum Gasteiger partial charge on any atom is -0.397 e. The summed E-state index contributed by atoms with van der Waals surface area (Å²) in [4.78, 5) is 8.48. The number of hydrogen-bond donors (Lipinski definition) is 1. The summed E-state index contributed by atoms with van der Waals surface area (Å²) in [6.45, 7) is 0. The minimum absolute atomic E-state index is 0.629. The Morgan fingerprint density at radius 3 is 3.00 bits per heavy atom. The van der Waals surface area contributed by atoms with Gasteiger partial charge in [0.15, 0.2) is 11.5 Å². The van der Waals surface area contributed by atoms with Crippen molar-refractivity contribution in [2.75, 3.05) is 5.73 Å². The van der Waals surface area contributed by atoms with Crippen molar-refractivity contribution >= 4 is 27.3 Å². The van der Waals surface area contributed by atoms with Crippen LogP contribution in [0.15, 0.2) is 41.3 Å². The van der Waals surface area contributed by atoms with E-state index in [-0.39, 0.29) is 0 Å². The molecular formula is C11H8BrN5. The highest BCUT2D eigenvalue weighted by Gasteiger charge is 2.09. The van der Waals surface area contributed by atoms with Crippen LogP contribution in [-0.4, -0.2) is 19.6 Å². The monoisotopic (exact) mass is 289 g/mol. The summed E-state index contributed by atoms with van der Waals surface area (Å²) in [5.41, 5.74) is 7.98. The second kappa shape index (κ2) is 3.81. The lowest BCUT2D eigenvalue weighted by Gasteiger charge is -1.96. The Morgan fingerprint density at radius 1 is 1.35 bits per heavy atom. The Kier molecular flexibility index (Phi) is 2.29. The van der Waals surface area contributed by atoms with E-state index in [1.165, 1.54) is 0 Å². The van der Waals surface area contributed by atoms with Gasteiger partial charge in [-0.1, -0.05) is 0 Å². The number of aromatic nitrogens is 4. The van der Waals surface area contributed by atoms with Crippen LogP contribution in [0.4, 0.5) is 5.69 Å². The molecule has 5 nitrogen and oxygen atoms in total. The van der Waals surface area contributed by atoms with Gasteiger partial charge in [-0.15, -0.1) is 5.10 Å². The van der Waals surface area contributed by atoms with Gasteiger partial charge in [0.25, 0.3) is 0 Å². The second-order valence-corrected chi connectivity index (χ2v) is 4.42. The van der Waals surface area contributed by atoms with E-state index in [0.29, 0.717) is 11.5 Å². The van der Waals surface area contributed by atoms with E-state index >= 15 is 0 Å². The first-order chi connectivity index (χ1) is 8.24. The molecule has 0 bridgehead atoms. The van der Waals surface area contributed by atoms with Crippen LogP contribution in [0, 0.1) is 0 Å². The van der Waals surface area contributed by atoms with Crippen molar-refractivity contribution in [3.05, 3.63) is 41.3 Å². The van der Waals surface area contributed by atoms with Crippen molar-refractivity contribution in [1.82, 2.24) is 19.6 Å². The number of nitrogen functional groups attached to an aromatic ring is 1. The number of pyridine rings is 2. The van der Waals surface area contributed by atoms with E-state index in [0.717, 1.165) is 15.7 Å². The Hall–Kier alpha value is -1.95. The Balaban J connectivity index is 2.24. The average Bonchev–Trinajstić information content (AvgIpc) is 2.74. The van der Waals surface area contributed by atoms with Gasteiger partial charge in [0.1, 0.15) is 0 Å². The summed E-state index contributed by atoms with van der Waals surface area (Å²) in [7, 11) is 0. The predicted octanol–water partition coefficient (Wildman–Crippen LogP) is 2.14. The maximum absolute atomic E-state index is 5.74. The van der Waals surface area contributed by atoms with E-state index in [2.05, 4.69) is 31.0 Å². The van der Waals surface area contributed by atoms with Crippen LogP contribution >= 0.6 is 15.9 Å². The van der Waals surface area contributed by atoms with Crippen LogP contribution in [0.25, 0.3) is 17.0 Å². The zero-order valence-corrected chi connectivity index (χ0v) is 10.3. The summed E-state index contributed by atoms with van der Waals surface area (Å²) in [5, 5.41) is 4.36. The molecule has 0 aliphatic rings. The van der Waals surface area contributed by atoms with Crippen LogP contribution in [0.1, 0.15) is 0 Å². The van der Waals surface area contributed by atoms with Crippen LogP contribution in [0.3, 0.4) is 0 Å². The second-order valence-electron chi connectivity index (χ2n) is 3.57. The Morgan fingerprint density at radius 2 is 2.24 bits per heavy atom. The fourth-order valence-electron chi connectivity index (χ4n) is 1.58. The highest BCUT2D eigenvalue weighted by molar-refractivity contribution is 9.10. The lowest BCUT2D eigenvalue weighted by atomic mass is 10.3. The van der Waals surface area contributed by atoms with Crippen LogP contribution in [0.5, 0.6) is 0 Å². The standard InChI is InChI=1S/C11H8BrN5/c12-9-4-8(13)6-17-11(9)15-10(16-17)7-2-1-3-14-5-7/h1-6H,13H2. The molecule has 84 valence electrons. The third-order valence-electron chi connectivity index (χ3n) is 2.33. The minimum atomic E-state index is 0.629. The number of nitrogens with zero attached hydrogens (tertiary/aromatic N) is 4. The highest BCUT2D eigenvalue weighted by Crippen LogP contribution is 2.22. The number of halogens is 1. The van der Waals surface area contributed by atoms with Gasteiger partial charge in [-0.2, -0.15) is 0 Å². The topological polar surface area (TPSA) is 69.1 Å². The summed E-state index contributed by atoms with van der Waals surface area (Å²) in [6, 6.07) is 5.57. The molecule has 3 aromatic rings. The maximum Gasteiger partial charge on any atom is 0.183 e. The molecule has 2 N–H and O–H groups in total. The molecule has 0 aliphatic carbocycles. The molecule has 3 heterocycles. The van der Waals surface area contributed by atoms with Crippen molar-refractivity contribution < 1.29 is 0 Å². The molecule has 0 atom stereocenters. The molecule has 0 aliphatic heterocycles. The quantitative estimate of drug-likeness (QED) is 0.745. The molecule has 0 saturated carbocycles. The maximum atomic E-state index is 5.74. The van der Waals surface area contributed by atoms with Gasteiger partial charge in [-0.25, -0.2) is 9.50 Å². The normalized spacial score (nSPS) is 10.9. The van der Waals surface area contributed by atoms with Gasteiger partial charge in [0.2, 0.25) is 0 Å². The molecule has 0 saturated heterocycles. The zero-order valence-electron chi connectivity index (χ0n) is 8.71. The van der Waals surface area contributed by atoms with E-state index in [1.807, 2.05) is 12.1 Å². The summed E-state index contributed by atoms with van der Waals surface area (Å²) < 4.78 is 2.47. The summed E-state index contributed by atoms with van der Waals surface area (Å²) in [6.07, 6.45) is 5.17. The van der Waals surface area contributed by atoms with Crippen molar-refractivity contribution in [2.24, 2.45) is 0 Å². The smallest absolute Gasteiger partial charge is 0.183 e. The van der Waals surface area contributed by atoms with Crippen LogP contribution in [0.2, 0.25) is 0 Å². The molecule has 0 unspecified atom stereocenters. The fraction of sp³-hybridized carbons (Fsp3) is 0. The highest BCUT2D eigenvalue weighted by atomic mass is 79.9. The third-order valence-corrected chi connectivity index (χ3v) is 2.91. The SMILES string of the molecule is Nc1cc(Br)c2nc(-c3cccnc3)nn2c1. The first-order valence-corrected chi connectivity index (χ1v) is 5.75. The molecule has 0 spiro atoms. The first-order valence-electron chi connectivity index (χ1n) is 4.96. The number of hydrogen-bond acceptors (Lipinski definition) is 4. The van der Waals surface area contributed by atoms with Gasteiger partial charge in [-0.05, 0) is 34.1 Å². The summed E-state index contributed by atoms with van der Waals surface area (Å²) in [5.74, 6) is 0.629. The Labute approximate surface area is 105 Å². The van der Waals surface area contributed by atoms with E-state index in [9.17, 15) is 0 Å². The lowest BCUT2D eigenvalue weighted by molar-refractivity contribution is 0.965. The molecule has 0 fully saturated rings. The predicted molar refractivity (Wildman–Crippen MR) is 68.3 cm³/mol. The third kappa shape index (κ3) is 1.76. The van der Waals surface area contributed by atoms with Crippen molar-refractivity contribution in [2.45, 2.75) is 0 Å². The van der Waals surface area contributed by atoms with E-state index in [4.69, 9.17) is 5.73 Å². The molecule has 3 rings (SSSR count). The van der Waals surface area contributed by atoms with Crippen LogP contribution in [-0.2, 0) is 0 Å². The molecule has 0 amide bonds. The zero-order chi connectivity index (χ0) is 11.8. The molecule has 6 heteroatoms. The number of fused-ring (bicyclic) bond motifs is 1. The average molecular weight is 290 g/mol. The summed E-state index contributed by atoms with van der Waals surface area (Å²) >= 11 is 3.41. The molecule has 17 heavy (non-hydrogen) atoms. The van der Waals surface area contributed by atoms with Gasteiger partial charge < -0.3 is 5.73 Å². The number of anilines is 1. The molecule has 0 aromatic carbocycles. The van der Waals surface area contributed by atoms with Crippen molar-refractivity contribution in [3.8, 4) is 11.4 Å². The van der Waals surface area contributed by atoms with Gasteiger partial charge in [0, 0.05) is 18.0 Å².